The lowest BCUT2D eigenvalue weighted by Gasteiger charge is -2.31. The molecule has 0 spiro atoms. The predicted octanol–water partition coefficient (Wildman–Crippen LogP) is 3.05. The fraction of sp³-hybridized carbons (Fsp3) is 0.500. The van der Waals surface area contributed by atoms with E-state index in [1.807, 2.05) is 11.8 Å². The number of likely N-dealkylation sites (tertiary alicyclic amines) is 1. The minimum absolute atomic E-state index is 0.0499. The summed E-state index contributed by atoms with van der Waals surface area (Å²) in [6, 6.07) is 5.69. The van der Waals surface area contributed by atoms with E-state index in [1.54, 1.807) is 0 Å². The molecule has 1 aliphatic heterocycles. The van der Waals surface area contributed by atoms with E-state index < -0.39 is 0 Å². The van der Waals surface area contributed by atoms with Crippen LogP contribution in [0, 0.1) is 11.7 Å². The maximum absolute atomic E-state index is 12.8. The van der Waals surface area contributed by atoms with Gasteiger partial charge in [0.2, 0.25) is 5.91 Å². The number of ketones is 1. The Morgan fingerprint density at radius 2 is 1.80 bits per heavy atom. The van der Waals surface area contributed by atoms with Gasteiger partial charge in [0, 0.05) is 31.0 Å². The molecule has 20 heavy (non-hydrogen) atoms. The van der Waals surface area contributed by atoms with Gasteiger partial charge in [0.1, 0.15) is 5.82 Å². The Bertz CT molecular complexity index is 476. The fourth-order valence-corrected chi connectivity index (χ4v) is 2.61. The molecule has 0 aliphatic carbocycles. The first-order chi connectivity index (χ1) is 9.61. The summed E-state index contributed by atoms with van der Waals surface area (Å²) < 4.78 is 12.8. The van der Waals surface area contributed by atoms with Crippen LogP contribution in [0.3, 0.4) is 0 Å². The number of rotatable bonds is 4. The molecular weight excluding hydrogens is 257 g/mol. The molecule has 0 bridgehead atoms. The van der Waals surface area contributed by atoms with E-state index in [1.165, 1.54) is 24.3 Å². The van der Waals surface area contributed by atoms with Gasteiger partial charge in [-0.2, -0.15) is 0 Å². The highest BCUT2D eigenvalue weighted by Gasteiger charge is 2.27. The lowest BCUT2D eigenvalue weighted by molar-refractivity contribution is -0.132. The van der Waals surface area contributed by atoms with Crippen molar-refractivity contribution in [3.63, 3.8) is 0 Å². The van der Waals surface area contributed by atoms with Gasteiger partial charge in [0.25, 0.3) is 0 Å². The van der Waals surface area contributed by atoms with Crippen molar-refractivity contribution in [3.05, 3.63) is 35.6 Å². The van der Waals surface area contributed by atoms with E-state index in [0.717, 1.165) is 6.42 Å². The zero-order valence-corrected chi connectivity index (χ0v) is 11.8. The number of hydrogen-bond donors (Lipinski definition) is 0. The second-order valence-electron chi connectivity index (χ2n) is 5.28. The van der Waals surface area contributed by atoms with Crippen LogP contribution < -0.4 is 0 Å². The van der Waals surface area contributed by atoms with E-state index in [2.05, 4.69) is 0 Å². The van der Waals surface area contributed by atoms with Gasteiger partial charge in [0.15, 0.2) is 5.78 Å². The Kier molecular flexibility index (Phi) is 4.88. The predicted molar refractivity (Wildman–Crippen MR) is 74.9 cm³/mol. The number of carbonyl (C=O) groups is 2. The Morgan fingerprint density at radius 3 is 2.35 bits per heavy atom. The van der Waals surface area contributed by atoms with E-state index in [4.69, 9.17) is 0 Å². The van der Waals surface area contributed by atoms with Crippen molar-refractivity contribution in [2.45, 2.75) is 32.6 Å². The normalized spacial score (nSPS) is 16.2. The first-order valence-electron chi connectivity index (χ1n) is 7.19. The summed E-state index contributed by atoms with van der Waals surface area (Å²) in [6.45, 7) is 3.29. The van der Waals surface area contributed by atoms with E-state index in [-0.39, 0.29) is 23.4 Å². The molecule has 0 unspecified atom stereocenters. The summed E-state index contributed by atoms with van der Waals surface area (Å²) in [5, 5.41) is 0. The molecule has 1 aromatic carbocycles. The second-order valence-corrected chi connectivity index (χ2v) is 5.28. The van der Waals surface area contributed by atoms with Crippen LogP contribution in [0.2, 0.25) is 0 Å². The molecule has 1 aromatic rings. The molecule has 0 aromatic heterocycles. The average Bonchev–Trinajstić information content (AvgIpc) is 2.48. The second kappa shape index (κ2) is 6.64. The lowest BCUT2D eigenvalue weighted by atomic mass is 9.89. The highest BCUT2D eigenvalue weighted by Crippen LogP contribution is 2.22. The van der Waals surface area contributed by atoms with Crippen LogP contribution in [0.15, 0.2) is 24.3 Å². The third kappa shape index (κ3) is 3.44. The standard InChI is InChI=1S/C16H20FNO2/c1-2-3-15(19)18-10-8-13(9-11-18)16(20)12-4-6-14(17)7-5-12/h4-7,13H,2-3,8-11H2,1H3. The minimum Gasteiger partial charge on any atom is -0.343 e. The number of carbonyl (C=O) groups excluding carboxylic acids is 2. The first-order valence-corrected chi connectivity index (χ1v) is 7.19. The molecule has 0 N–H and O–H groups in total. The molecular formula is C16H20FNO2. The smallest absolute Gasteiger partial charge is 0.222 e. The van der Waals surface area contributed by atoms with Crippen molar-refractivity contribution in [1.82, 2.24) is 4.90 Å². The van der Waals surface area contributed by atoms with Crippen molar-refractivity contribution < 1.29 is 14.0 Å². The van der Waals surface area contributed by atoms with Gasteiger partial charge in [-0.25, -0.2) is 4.39 Å². The third-order valence-electron chi connectivity index (χ3n) is 3.81. The monoisotopic (exact) mass is 277 g/mol. The zero-order valence-electron chi connectivity index (χ0n) is 11.8. The van der Waals surface area contributed by atoms with Crippen LogP contribution in [0.25, 0.3) is 0 Å². The maximum atomic E-state index is 12.8. The van der Waals surface area contributed by atoms with Gasteiger partial charge in [-0.1, -0.05) is 6.92 Å². The lowest BCUT2D eigenvalue weighted by Crippen LogP contribution is -2.40. The van der Waals surface area contributed by atoms with Gasteiger partial charge < -0.3 is 4.90 Å². The van der Waals surface area contributed by atoms with Gasteiger partial charge in [-0.15, -0.1) is 0 Å². The summed E-state index contributed by atoms with van der Waals surface area (Å²) in [7, 11) is 0. The molecule has 0 saturated carbocycles. The van der Waals surface area contributed by atoms with Crippen LogP contribution >= 0.6 is 0 Å². The largest absolute Gasteiger partial charge is 0.343 e. The Labute approximate surface area is 118 Å². The Hall–Kier alpha value is -1.71. The summed E-state index contributed by atoms with van der Waals surface area (Å²) in [4.78, 5) is 25.9. The number of amides is 1. The molecule has 3 nitrogen and oxygen atoms in total. The minimum atomic E-state index is -0.332. The van der Waals surface area contributed by atoms with Crippen LogP contribution in [-0.2, 0) is 4.79 Å². The van der Waals surface area contributed by atoms with Crippen LogP contribution in [0.4, 0.5) is 4.39 Å². The van der Waals surface area contributed by atoms with Crippen molar-refractivity contribution in [2.75, 3.05) is 13.1 Å². The topological polar surface area (TPSA) is 37.4 Å². The molecule has 0 atom stereocenters. The molecule has 1 saturated heterocycles. The third-order valence-corrected chi connectivity index (χ3v) is 3.81. The summed E-state index contributed by atoms with van der Waals surface area (Å²) in [6.07, 6.45) is 2.83. The molecule has 1 aliphatic rings. The molecule has 4 heteroatoms. The van der Waals surface area contributed by atoms with Crippen LogP contribution in [0.1, 0.15) is 43.0 Å². The molecule has 1 amide bonds. The van der Waals surface area contributed by atoms with Crippen molar-refractivity contribution in [1.29, 1.82) is 0 Å². The van der Waals surface area contributed by atoms with Gasteiger partial charge in [-0.05, 0) is 43.5 Å². The SMILES string of the molecule is CCCC(=O)N1CCC(C(=O)c2ccc(F)cc2)CC1. The molecule has 108 valence electrons. The zero-order chi connectivity index (χ0) is 14.5. The Morgan fingerprint density at radius 1 is 1.20 bits per heavy atom. The number of Topliss-reactive ketones (excluding diaryl/α,β-unsaturated/α-hetero) is 1. The molecule has 1 fully saturated rings. The van der Waals surface area contributed by atoms with Crippen LogP contribution in [0.5, 0.6) is 0 Å². The number of benzene rings is 1. The average molecular weight is 277 g/mol. The Balaban J connectivity index is 1.92. The number of halogens is 1. The van der Waals surface area contributed by atoms with Crippen molar-refractivity contribution in [3.8, 4) is 0 Å². The number of hydrogen-bond acceptors (Lipinski definition) is 2. The number of piperidine rings is 1. The van der Waals surface area contributed by atoms with Crippen LogP contribution in [-0.4, -0.2) is 29.7 Å². The summed E-state index contributed by atoms with van der Waals surface area (Å²) >= 11 is 0. The van der Waals surface area contributed by atoms with E-state index in [9.17, 15) is 14.0 Å². The van der Waals surface area contributed by atoms with Crippen molar-refractivity contribution >= 4 is 11.7 Å². The van der Waals surface area contributed by atoms with Crippen molar-refractivity contribution in [2.24, 2.45) is 5.92 Å². The van der Waals surface area contributed by atoms with E-state index >= 15 is 0 Å². The van der Waals surface area contributed by atoms with Gasteiger partial charge >= 0.3 is 0 Å². The molecule has 0 radical (unpaired) electrons. The highest BCUT2D eigenvalue weighted by molar-refractivity contribution is 5.98. The fourth-order valence-electron chi connectivity index (χ4n) is 2.61. The first kappa shape index (κ1) is 14.7. The van der Waals surface area contributed by atoms with Gasteiger partial charge in [-0.3, -0.25) is 9.59 Å². The van der Waals surface area contributed by atoms with Gasteiger partial charge in [0.05, 0.1) is 0 Å². The van der Waals surface area contributed by atoms with E-state index in [0.29, 0.717) is 37.9 Å². The molecule has 2 rings (SSSR count). The number of nitrogens with zero attached hydrogens (tertiary/aromatic N) is 1. The maximum Gasteiger partial charge on any atom is 0.222 e. The summed E-state index contributed by atoms with van der Waals surface area (Å²) in [5.74, 6) is -0.138. The molecule has 1 heterocycles. The quantitative estimate of drug-likeness (QED) is 0.793. The highest BCUT2D eigenvalue weighted by atomic mass is 19.1. The summed E-state index contributed by atoms with van der Waals surface area (Å²) in [5.41, 5.74) is 0.560.